The fourth-order valence-electron chi connectivity index (χ4n) is 8.34. The second-order valence-corrected chi connectivity index (χ2v) is 20.8. The summed E-state index contributed by atoms with van der Waals surface area (Å²) in [6, 6.07) is 0. The zero-order chi connectivity index (χ0) is 52.1. The molecule has 0 aromatic rings. The van der Waals surface area contributed by atoms with Gasteiger partial charge in [0.25, 0.3) is 0 Å². The Balaban J connectivity index is 2.39. The molecule has 1 aliphatic rings. The van der Waals surface area contributed by atoms with Crippen LogP contribution in [0.3, 0.4) is 0 Å². The Morgan fingerprint density at radius 2 is 0.775 bits per heavy atom. The molecule has 14 heteroatoms. The largest absolute Gasteiger partial charge is 0.472 e. The maximum absolute atomic E-state index is 12.9. The summed E-state index contributed by atoms with van der Waals surface area (Å²) >= 11 is 0. The van der Waals surface area contributed by atoms with Crippen LogP contribution in [-0.2, 0) is 32.7 Å². The summed E-state index contributed by atoms with van der Waals surface area (Å²) in [6.07, 6.45) is 45.7. The van der Waals surface area contributed by atoms with E-state index >= 15 is 0 Å². The monoisotopic (exact) mass is 1020 g/mol. The van der Waals surface area contributed by atoms with Crippen LogP contribution in [0.4, 0.5) is 0 Å². The molecule has 6 unspecified atom stereocenters. The van der Waals surface area contributed by atoms with E-state index in [0.29, 0.717) is 19.3 Å². The fourth-order valence-corrected chi connectivity index (χ4v) is 9.31. The number of hydrogen-bond donors (Lipinski definition) is 6. The van der Waals surface area contributed by atoms with Crippen molar-refractivity contribution in [3.05, 3.63) is 60.8 Å². The van der Waals surface area contributed by atoms with Crippen molar-refractivity contribution in [2.24, 2.45) is 0 Å². The van der Waals surface area contributed by atoms with Crippen molar-refractivity contribution < 1.29 is 63.1 Å². The van der Waals surface area contributed by atoms with Gasteiger partial charge in [-0.25, -0.2) is 4.57 Å². The van der Waals surface area contributed by atoms with E-state index in [1.807, 2.05) is 0 Å². The van der Waals surface area contributed by atoms with Gasteiger partial charge in [0.15, 0.2) is 6.10 Å². The first-order valence-electron chi connectivity index (χ1n) is 28.1. The molecule has 6 N–H and O–H groups in total. The van der Waals surface area contributed by atoms with Crippen molar-refractivity contribution in [1.29, 1.82) is 0 Å². The first-order chi connectivity index (χ1) is 34.4. The summed E-state index contributed by atoms with van der Waals surface area (Å²) in [5.74, 6) is -1.17. The molecular formula is C57H101O13P. The van der Waals surface area contributed by atoms with Gasteiger partial charge in [-0.3, -0.25) is 18.6 Å². The van der Waals surface area contributed by atoms with Crippen molar-refractivity contribution in [1.82, 2.24) is 0 Å². The zero-order valence-electron chi connectivity index (χ0n) is 44.3. The third-order valence-electron chi connectivity index (χ3n) is 12.8. The molecule has 71 heavy (non-hydrogen) atoms. The smallest absolute Gasteiger partial charge is 0.462 e. The number of aliphatic hydroxyl groups is 5. The van der Waals surface area contributed by atoms with Gasteiger partial charge in [0.1, 0.15) is 43.2 Å². The summed E-state index contributed by atoms with van der Waals surface area (Å²) < 4.78 is 33.6. The number of phosphoric acid groups is 1. The molecule has 0 aromatic heterocycles. The highest BCUT2D eigenvalue weighted by Crippen LogP contribution is 2.47. The number of esters is 2. The van der Waals surface area contributed by atoms with E-state index in [0.717, 1.165) is 57.8 Å². The lowest BCUT2D eigenvalue weighted by atomic mass is 9.85. The van der Waals surface area contributed by atoms with Crippen LogP contribution in [-0.4, -0.2) is 98.3 Å². The highest BCUT2D eigenvalue weighted by molar-refractivity contribution is 7.47. The summed E-state index contributed by atoms with van der Waals surface area (Å²) in [4.78, 5) is 35.9. The van der Waals surface area contributed by atoms with Crippen molar-refractivity contribution in [3.63, 3.8) is 0 Å². The second kappa shape index (κ2) is 46.1. The lowest BCUT2D eigenvalue weighted by molar-refractivity contribution is -0.220. The van der Waals surface area contributed by atoms with E-state index in [4.69, 9.17) is 18.5 Å². The van der Waals surface area contributed by atoms with Crippen LogP contribution in [0.5, 0.6) is 0 Å². The molecule has 0 saturated heterocycles. The molecular weight excluding hydrogens is 924 g/mol. The Morgan fingerprint density at radius 1 is 0.437 bits per heavy atom. The molecule has 0 bridgehead atoms. The second-order valence-electron chi connectivity index (χ2n) is 19.4. The molecule has 1 aliphatic carbocycles. The normalized spacial score (nSPS) is 21.1. The Morgan fingerprint density at radius 3 is 1.24 bits per heavy atom. The molecule has 0 amide bonds. The minimum absolute atomic E-state index is 0.0523. The van der Waals surface area contributed by atoms with E-state index in [-0.39, 0.29) is 12.8 Å². The molecule has 0 spiro atoms. The number of unbranched alkanes of at least 4 members (excludes halogenated alkanes) is 25. The van der Waals surface area contributed by atoms with Gasteiger partial charge >= 0.3 is 19.8 Å². The molecule has 0 heterocycles. The van der Waals surface area contributed by atoms with Crippen molar-refractivity contribution in [3.8, 4) is 0 Å². The van der Waals surface area contributed by atoms with Crippen molar-refractivity contribution in [2.75, 3.05) is 13.2 Å². The zero-order valence-corrected chi connectivity index (χ0v) is 45.2. The lowest BCUT2D eigenvalue weighted by Crippen LogP contribution is -2.64. The van der Waals surface area contributed by atoms with E-state index in [1.54, 1.807) is 0 Å². The number of ether oxygens (including phenoxy) is 2. The fraction of sp³-hybridized carbons (Fsp3) is 0.789. The first-order valence-corrected chi connectivity index (χ1v) is 29.6. The molecule has 1 fully saturated rings. The van der Waals surface area contributed by atoms with E-state index in [9.17, 15) is 44.6 Å². The number of hydrogen-bond acceptors (Lipinski definition) is 12. The van der Waals surface area contributed by atoms with Crippen LogP contribution in [0.25, 0.3) is 0 Å². The van der Waals surface area contributed by atoms with Gasteiger partial charge in [-0.2, -0.15) is 0 Å². The van der Waals surface area contributed by atoms with Crippen molar-refractivity contribution >= 4 is 19.8 Å². The maximum Gasteiger partial charge on any atom is 0.472 e. The van der Waals surface area contributed by atoms with Gasteiger partial charge in [0, 0.05) is 12.8 Å². The first kappa shape index (κ1) is 66.6. The van der Waals surface area contributed by atoms with Crippen LogP contribution >= 0.6 is 7.82 Å². The summed E-state index contributed by atoms with van der Waals surface area (Å²) in [5, 5.41) is 50.3. The Kier molecular flexibility index (Phi) is 43.2. The molecule has 0 radical (unpaired) electrons. The van der Waals surface area contributed by atoms with Gasteiger partial charge in [-0.1, -0.05) is 203 Å². The van der Waals surface area contributed by atoms with Gasteiger partial charge in [-0.15, -0.1) is 0 Å². The van der Waals surface area contributed by atoms with Crippen LogP contribution in [0.2, 0.25) is 0 Å². The topological polar surface area (TPSA) is 210 Å². The predicted octanol–water partition coefficient (Wildman–Crippen LogP) is 12.8. The van der Waals surface area contributed by atoms with Gasteiger partial charge in [0.2, 0.25) is 0 Å². The Bertz CT molecular complexity index is 1470. The van der Waals surface area contributed by atoms with Gasteiger partial charge in [0.05, 0.1) is 6.61 Å². The van der Waals surface area contributed by atoms with Crippen LogP contribution < -0.4 is 0 Å². The average Bonchev–Trinajstić information content (AvgIpc) is 3.35. The van der Waals surface area contributed by atoms with Crippen LogP contribution in [0.1, 0.15) is 232 Å². The van der Waals surface area contributed by atoms with Crippen molar-refractivity contribution in [2.45, 2.75) is 275 Å². The van der Waals surface area contributed by atoms with Crippen LogP contribution in [0, 0.1) is 0 Å². The predicted molar refractivity (Wildman–Crippen MR) is 286 cm³/mol. The lowest BCUT2D eigenvalue weighted by Gasteiger charge is -2.41. The number of carbonyl (C=O) groups is 2. The quantitative estimate of drug-likeness (QED) is 0.0145. The Labute approximate surface area is 430 Å². The number of phosphoric ester groups is 1. The highest BCUT2D eigenvalue weighted by Gasteiger charge is 2.51. The molecule has 8 atom stereocenters. The molecule has 0 aliphatic heterocycles. The minimum Gasteiger partial charge on any atom is -0.462 e. The SMILES string of the molecule is CCCCC/C=C/C/C=C/C/C=C/C/C=C/CCCCCC(=O)O[C@@H](COC(=O)CCC/C=C/CCCCCCCCCCCCCCCCCCCC)COP(=O)(O)OC1C(O)C(O)C(O)[C@H](O)C1O. The molecule has 412 valence electrons. The summed E-state index contributed by atoms with van der Waals surface area (Å²) in [5.41, 5.74) is 0. The summed E-state index contributed by atoms with van der Waals surface area (Å²) in [6.45, 7) is 3.26. The number of rotatable bonds is 47. The molecule has 1 rings (SSSR count). The number of aliphatic hydroxyl groups excluding tert-OH is 5. The number of carbonyl (C=O) groups excluding carboxylic acids is 2. The third kappa shape index (κ3) is 37.9. The standard InChI is InChI=1S/C57H101O13P/c1-3-5-7-9-11-13-15-17-19-21-23-24-25-26-28-29-31-33-35-37-39-41-43-45-50(58)67-47-49(48-68-71(65,66)70-57-55(63)53(61)52(60)54(62)56(57)64)69-51(59)46-44-42-40-38-36-34-32-30-27-22-20-18-16-14-12-10-8-6-4-2/h12,14,18,20,27,30,34,36-37,39,49,52-57,60-64H,3-11,13,15-17,19,21-26,28-29,31-33,35,38,40-48H2,1-2H3,(H,65,66)/b14-12+,20-18+,30-27+,36-34+,39-37+/t49-,52?,53-,54?,55?,56?,57?/m0/s1. The maximum atomic E-state index is 12.9. The van der Waals surface area contributed by atoms with Gasteiger partial charge < -0.3 is 39.9 Å². The average molecular weight is 1030 g/mol. The van der Waals surface area contributed by atoms with Gasteiger partial charge in [-0.05, 0) is 77.0 Å². The molecule has 1 saturated carbocycles. The number of allylic oxidation sites excluding steroid dienone is 10. The Hall–Kier alpha value is -2.45. The van der Waals surface area contributed by atoms with E-state index in [2.05, 4.69) is 74.6 Å². The third-order valence-corrected chi connectivity index (χ3v) is 13.8. The summed E-state index contributed by atoms with van der Waals surface area (Å²) in [7, 11) is -5.14. The highest BCUT2D eigenvalue weighted by atomic mass is 31.2. The van der Waals surface area contributed by atoms with Crippen LogP contribution in [0.15, 0.2) is 60.8 Å². The molecule has 0 aromatic carbocycles. The molecule has 13 nitrogen and oxygen atoms in total. The van der Waals surface area contributed by atoms with E-state index in [1.165, 1.54) is 128 Å². The minimum atomic E-state index is -5.14. The van der Waals surface area contributed by atoms with E-state index < -0.39 is 75.7 Å².